The van der Waals surface area contributed by atoms with Gasteiger partial charge in [0.2, 0.25) is 5.91 Å². The zero-order valence-corrected chi connectivity index (χ0v) is 14.1. The van der Waals surface area contributed by atoms with Gasteiger partial charge in [-0.25, -0.2) is 8.42 Å². The number of carbonyl (C=O) groups excluding carboxylic acids is 1. The van der Waals surface area contributed by atoms with Crippen LogP contribution in [0, 0.1) is 6.92 Å². The summed E-state index contributed by atoms with van der Waals surface area (Å²) >= 11 is 1.67. The van der Waals surface area contributed by atoms with Crippen molar-refractivity contribution in [2.75, 3.05) is 24.6 Å². The van der Waals surface area contributed by atoms with Crippen molar-refractivity contribution in [1.29, 1.82) is 0 Å². The van der Waals surface area contributed by atoms with Crippen LogP contribution in [0.3, 0.4) is 0 Å². The van der Waals surface area contributed by atoms with Crippen LogP contribution in [0.1, 0.15) is 23.1 Å². The quantitative estimate of drug-likeness (QED) is 0.851. The molecule has 5 nitrogen and oxygen atoms in total. The van der Waals surface area contributed by atoms with Crippen LogP contribution in [-0.4, -0.2) is 49.9 Å². The molecule has 21 heavy (non-hydrogen) atoms. The van der Waals surface area contributed by atoms with Gasteiger partial charge in [0.15, 0.2) is 9.84 Å². The number of hydrogen-bond donors (Lipinski definition) is 1. The molecule has 2 heterocycles. The highest BCUT2D eigenvalue weighted by molar-refractivity contribution is 7.91. The molecule has 0 spiro atoms. The zero-order chi connectivity index (χ0) is 15.5. The lowest BCUT2D eigenvalue weighted by molar-refractivity contribution is -0.122. The third-order valence-corrected chi connectivity index (χ3v) is 6.48. The van der Waals surface area contributed by atoms with Crippen LogP contribution in [0.4, 0.5) is 0 Å². The van der Waals surface area contributed by atoms with Crippen LogP contribution in [-0.2, 0) is 21.2 Å². The molecule has 1 aliphatic rings. The molecule has 1 aromatic rings. The van der Waals surface area contributed by atoms with Crippen molar-refractivity contribution >= 4 is 27.1 Å². The minimum absolute atomic E-state index is 0.0188. The van der Waals surface area contributed by atoms with Crippen molar-refractivity contribution in [3.05, 3.63) is 21.9 Å². The van der Waals surface area contributed by atoms with Crippen LogP contribution >= 0.6 is 11.3 Å². The molecule has 0 unspecified atom stereocenters. The molecule has 1 aromatic heterocycles. The van der Waals surface area contributed by atoms with Gasteiger partial charge in [0, 0.05) is 15.8 Å². The third-order valence-electron chi connectivity index (χ3n) is 3.73. The molecule has 2 rings (SSSR count). The predicted octanol–water partition coefficient (Wildman–Crippen LogP) is 1.18. The summed E-state index contributed by atoms with van der Waals surface area (Å²) in [4.78, 5) is 16.3. The number of nitrogens with one attached hydrogen (secondary N) is 1. The number of amides is 1. The van der Waals surface area contributed by atoms with E-state index >= 15 is 0 Å². The Kier molecular flexibility index (Phi) is 5.40. The highest BCUT2D eigenvalue weighted by Gasteiger charge is 2.32. The fourth-order valence-electron chi connectivity index (χ4n) is 2.57. The smallest absolute Gasteiger partial charge is 0.234 e. The van der Waals surface area contributed by atoms with Crippen molar-refractivity contribution in [2.45, 2.75) is 32.9 Å². The van der Waals surface area contributed by atoms with Crippen LogP contribution in [0.15, 0.2) is 12.1 Å². The Labute approximate surface area is 130 Å². The Morgan fingerprint density at radius 2 is 2.24 bits per heavy atom. The van der Waals surface area contributed by atoms with Crippen molar-refractivity contribution in [1.82, 2.24) is 10.2 Å². The van der Waals surface area contributed by atoms with Gasteiger partial charge in [-0.3, -0.25) is 9.69 Å². The Bertz CT molecular complexity index is 595. The van der Waals surface area contributed by atoms with Crippen LogP contribution in [0.25, 0.3) is 0 Å². The molecule has 1 amide bonds. The van der Waals surface area contributed by atoms with Gasteiger partial charge >= 0.3 is 0 Å². The lowest BCUT2D eigenvalue weighted by Crippen LogP contribution is -2.43. The van der Waals surface area contributed by atoms with Crippen molar-refractivity contribution in [3.8, 4) is 0 Å². The Morgan fingerprint density at radius 1 is 1.48 bits per heavy atom. The molecule has 1 N–H and O–H groups in total. The van der Waals surface area contributed by atoms with E-state index in [-0.39, 0.29) is 30.0 Å². The summed E-state index contributed by atoms with van der Waals surface area (Å²) < 4.78 is 23.1. The summed E-state index contributed by atoms with van der Waals surface area (Å²) in [5.41, 5.74) is 0. The van der Waals surface area contributed by atoms with Gasteiger partial charge < -0.3 is 5.32 Å². The van der Waals surface area contributed by atoms with Gasteiger partial charge in [-0.2, -0.15) is 0 Å². The SMILES string of the molecule is CCN(CC(=O)NCc1ccc(C)s1)[C@@H]1CCS(=O)(=O)C1. The van der Waals surface area contributed by atoms with Crippen LogP contribution in [0.2, 0.25) is 0 Å². The van der Waals surface area contributed by atoms with Crippen molar-refractivity contribution < 1.29 is 13.2 Å². The monoisotopic (exact) mass is 330 g/mol. The fraction of sp³-hybridized carbons (Fsp3) is 0.643. The maximum atomic E-state index is 12.0. The lowest BCUT2D eigenvalue weighted by atomic mass is 10.2. The number of rotatable bonds is 6. The van der Waals surface area contributed by atoms with E-state index in [2.05, 4.69) is 5.32 Å². The largest absolute Gasteiger partial charge is 0.350 e. The second kappa shape index (κ2) is 6.89. The molecule has 0 saturated carbocycles. The number of thiophene rings is 1. The molecule has 1 atom stereocenters. The van der Waals surface area contributed by atoms with E-state index in [1.807, 2.05) is 30.9 Å². The number of aryl methyl sites for hydroxylation is 1. The van der Waals surface area contributed by atoms with E-state index in [1.54, 1.807) is 11.3 Å². The molecule has 0 radical (unpaired) electrons. The molecular weight excluding hydrogens is 308 g/mol. The number of hydrogen-bond acceptors (Lipinski definition) is 5. The second-order valence-corrected chi connectivity index (χ2v) is 9.01. The van der Waals surface area contributed by atoms with Gasteiger partial charge in [-0.15, -0.1) is 11.3 Å². The highest BCUT2D eigenvalue weighted by Crippen LogP contribution is 2.17. The Morgan fingerprint density at radius 3 is 2.76 bits per heavy atom. The van der Waals surface area contributed by atoms with Gasteiger partial charge in [0.25, 0.3) is 0 Å². The standard InChI is InChI=1S/C14H22N2O3S2/c1-3-16(12-6-7-21(18,19)10-12)9-14(17)15-8-13-5-4-11(2)20-13/h4-5,12H,3,6-10H2,1-2H3,(H,15,17)/t12-/m1/s1. The average Bonchev–Trinajstić information content (AvgIpc) is 2.99. The highest BCUT2D eigenvalue weighted by atomic mass is 32.2. The van der Waals surface area contributed by atoms with E-state index in [0.29, 0.717) is 19.5 Å². The van der Waals surface area contributed by atoms with Gasteiger partial charge in [-0.05, 0) is 32.0 Å². The van der Waals surface area contributed by atoms with E-state index in [1.165, 1.54) is 4.88 Å². The van der Waals surface area contributed by atoms with Crippen molar-refractivity contribution in [2.24, 2.45) is 0 Å². The second-order valence-electron chi connectivity index (χ2n) is 5.41. The van der Waals surface area contributed by atoms with Gasteiger partial charge in [0.05, 0.1) is 24.6 Å². The summed E-state index contributed by atoms with van der Waals surface area (Å²) in [6.07, 6.45) is 0.633. The maximum Gasteiger partial charge on any atom is 0.234 e. The summed E-state index contributed by atoms with van der Waals surface area (Å²) in [7, 11) is -2.91. The molecule has 1 aliphatic heterocycles. The fourth-order valence-corrected chi connectivity index (χ4v) is 5.16. The zero-order valence-electron chi connectivity index (χ0n) is 12.5. The lowest BCUT2D eigenvalue weighted by Gasteiger charge is -2.25. The summed E-state index contributed by atoms with van der Waals surface area (Å²) in [5, 5.41) is 2.90. The predicted molar refractivity (Wildman–Crippen MR) is 85.2 cm³/mol. The molecule has 118 valence electrons. The van der Waals surface area contributed by atoms with Crippen molar-refractivity contribution in [3.63, 3.8) is 0 Å². The Hall–Kier alpha value is -0.920. The molecule has 0 bridgehead atoms. The maximum absolute atomic E-state index is 12.0. The summed E-state index contributed by atoms with van der Waals surface area (Å²) in [5.74, 6) is 0.370. The minimum atomic E-state index is -2.91. The van der Waals surface area contributed by atoms with Crippen LogP contribution in [0.5, 0.6) is 0 Å². The summed E-state index contributed by atoms with van der Waals surface area (Å²) in [6.45, 7) is 5.49. The molecule has 7 heteroatoms. The minimum Gasteiger partial charge on any atom is -0.350 e. The van der Waals surface area contributed by atoms with Gasteiger partial charge in [-0.1, -0.05) is 6.92 Å². The normalized spacial score (nSPS) is 20.8. The van der Waals surface area contributed by atoms with E-state index in [9.17, 15) is 13.2 Å². The summed E-state index contributed by atoms with van der Waals surface area (Å²) in [6, 6.07) is 4.03. The Balaban J connectivity index is 1.82. The molecule has 1 saturated heterocycles. The molecule has 1 fully saturated rings. The number of likely N-dealkylation sites (N-methyl/N-ethyl adjacent to an activating group) is 1. The third kappa shape index (κ3) is 4.79. The first kappa shape index (κ1) is 16.5. The van der Waals surface area contributed by atoms with E-state index in [4.69, 9.17) is 0 Å². The van der Waals surface area contributed by atoms with Gasteiger partial charge in [0.1, 0.15) is 0 Å². The molecule has 0 aliphatic carbocycles. The molecule has 0 aromatic carbocycles. The average molecular weight is 330 g/mol. The first-order chi connectivity index (χ1) is 9.89. The van der Waals surface area contributed by atoms with E-state index in [0.717, 1.165) is 4.88 Å². The van der Waals surface area contributed by atoms with E-state index < -0.39 is 9.84 Å². The van der Waals surface area contributed by atoms with Crippen LogP contribution < -0.4 is 5.32 Å². The first-order valence-corrected chi connectivity index (χ1v) is 9.80. The number of carbonyl (C=O) groups is 1. The number of nitrogens with zero attached hydrogens (tertiary/aromatic N) is 1. The topological polar surface area (TPSA) is 66.5 Å². The number of sulfone groups is 1. The molecular formula is C14H22N2O3S2. The first-order valence-electron chi connectivity index (χ1n) is 7.16.